The summed E-state index contributed by atoms with van der Waals surface area (Å²) in [6.07, 6.45) is 10.2. The van der Waals surface area contributed by atoms with Crippen LogP contribution in [0.25, 0.3) is 0 Å². The number of nitrogens with one attached hydrogen (secondary N) is 1. The van der Waals surface area contributed by atoms with Crippen LogP contribution in [0.2, 0.25) is 0 Å². The van der Waals surface area contributed by atoms with Crippen molar-refractivity contribution in [2.24, 2.45) is 29.1 Å². The number of carbonyl (C=O) groups is 2. The van der Waals surface area contributed by atoms with Crippen LogP contribution in [0.5, 0.6) is 0 Å². The summed E-state index contributed by atoms with van der Waals surface area (Å²) < 4.78 is 11.6. The van der Waals surface area contributed by atoms with E-state index in [1.165, 1.54) is 18.7 Å². The number of esters is 1. The highest BCUT2D eigenvalue weighted by Crippen LogP contribution is 2.66. The molecule has 4 rings (SSSR count). The Bertz CT molecular complexity index is 827. The van der Waals surface area contributed by atoms with Gasteiger partial charge in [-0.15, -0.1) is 0 Å². The molecule has 4 aliphatic rings. The normalized spacial score (nSPS) is 39.9. The summed E-state index contributed by atoms with van der Waals surface area (Å²) in [5.41, 5.74) is 1.12. The highest BCUT2D eigenvalue weighted by Gasteiger charge is 2.66. The Morgan fingerprint density at radius 3 is 2.60 bits per heavy atom. The third kappa shape index (κ3) is 2.99. The van der Waals surface area contributed by atoms with E-state index in [4.69, 9.17) is 14.9 Å². The van der Waals surface area contributed by atoms with Gasteiger partial charge in [0.25, 0.3) is 0 Å². The molecule has 5 nitrogen and oxygen atoms in total. The molecule has 6 unspecified atom stereocenters. The van der Waals surface area contributed by atoms with Gasteiger partial charge in [0, 0.05) is 25.0 Å². The quantitative estimate of drug-likeness (QED) is 0.508. The predicted molar refractivity (Wildman–Crippen MR) is 115 cm³/mol. The Hall–Kier alpha value is -1.91. The average molecular weight is 414 g/mol. The minimum atomic E-state index is -0.988. The Morgan fingerprint density at radius 1 is 1.20 bits per heavy atom. The van der Waals surface area contributed by atoms with Crippen molar-refractivity contribution in [2.75, 3.05) is 6.61 Å². The molecule has 164 valence electrons. The van der Waals surface area contributed by atoms with Crippen molar-refractivity contribution in [2.45, 2.75) is 78.2 Å². The molecule has 4 aliphatic carbocycles. The summed E-state index contributed by atoms with van der Waals surface area (Å²) in [6, 6.07) is 0. The van der Waals surface area contributed by atoms with Crippen LogP contribution in [0.1, 0.15) is 72.6 Å². The van der Waals surface area contributed by atoms with Crippen molar-refractivity contribution in [3.8, 4) is 0 Å². The lowest BCUT2D eigenvalue weighted by molar-refractivity contribution is -0.185. The number of carbonyl (C=O) groups excluding carboxylic acids is 2. The van der Waals surface area contributed by atoms with Gasteiger partial charge in [-0.3, -0.25) is 9.59 Å². The molecule has 30 heavy (non-hydrogen) atoms. The number of hydrogen-bond donors (Lipinski definition) is 1. The fourth-order valence-corrected chi connectivity index (χ4v) is 7.57. The number of allylic oxidation sites excluding steroid dienone is 4. The second-order valence-electron chi connectivity index (χ2n) is 9.92. The topological polar surface area (TPSA) is 76.5 Å². The highest BCUT2D eigenvalue weighted by atomic mass is 16.6. The first-order valence-corrected chi connectivity index (χ1v) is 11.5. The average Bonchev–Trinajstić information content (AvgIpc) is 3.00. The van der Waals surface area contributed by atoms with E-state index in [1.807, 2.05) is 6.92 Å². The van der Waals surface area contributed by atoms with E-state index in [2.05, 4.69) is 13.0 Å². The van der Waals surface area contributed by atoms with Crippen LogP contribution < -0.4 is 0 Å². The molecular weight excluding hydrogens is 378 g/mol. The van der Waals surface area contributed by atoms with Crippen molar-refractivity contribution in [1.82, 2.24) is 0 Å². The third-order valence-corrected chi connectivity index (χ3v) is 8.76. The standard InChI is InChI=1S/C25H35NO4/c1-5-29-18-6-7-19-20-8-10-24(4)23(22(20)12-17(14-26)21(19)13-18)9-11-25(24,15(2)27)30-16(3)28/h13-14,19-20,22-23,26H,5-12H2,1-4H3. The first-order valence-electron chi connectivity index (χ1n) is 11.5. The second-order valence-corrected chi connectivity index (χ2v) is 9.92. The molecule has 0 spiro atoms. The van der Waals surface area contributed by atoms with Crippen LogP contribution in [0, 0.1) is 34.5 Å². The van der Waals surface area contributed by atoms with Gasteiger partial charge in [-0.05, 0) is 93.3 Å². The maximum atomic E-state index is 12.8. The zero-order valence-electron chi connectivity index (χ0n) is 18.8. The number of ketones is 1. The van der Waals surface area contributed by atoms with Gasteiger partial charge in [-0.2, -0.15) is 0 Å². The van der Waals surface area contributed by atoms with Crippen LogP contribution in [-0.4, -0.2) is 30.2 Å². The highest BCUT2D eigenvalue weighted by molar-refractivity contribution is 5.89. The minimum absolute atomic E-state index is 0.0116. The Labute approximate surface area is 179 Å². The van der Waals surface area contributed by atoms with Gasteiger partial charge in [-0.25, -0.2) is 0 Å². The van der Waals surface area contributed by atoms with Gasteiger partial charge in [0.1, 0.15) is 0 Å². The van der Waals surface area contributed by atoms with E-state index in [9.17, 15) is 9.59 Å². The molecule has 0 aliphatic heterocycles. The number of hydrogen-bond acceptors (Lipinski definition) is 5. The molecule has 0 bridgehead atoms. The minimum Gasteiger partial charge on any atom is -0.498 e. The van der Waals surface area contributed by atoms with Gasteiger partial charge in [0.2, 0.25) is 0 Å². The molecule has 2 fully saturated rings. The SMILES string of the molecule is CCOC1=CC2=C(C=N)CC3C(CCC4(C)C3CCC4(OC(C)=O)C(C)=O)C2CC1. The lowest BCUT2D eigenvalue weighted by atomic mass is 9.50. The van der Waals surface area contributed by atoms with Gasteiger partial charge >= 0.3 is 5.97 Å². The van der Waals surface area contributed by atoms with Gasteiger partial charge < -0.3 is 14.9 Å². The molecule has 0 heterocycles. The van der Waals surface area contributed by atoms with Crippen LogP contribution >= 0.6 is 0 Å². The van der Waals surface area contributed by atoms with E-state index in [0.717, 1.165) is 49.9 Å². The lowest BCUT2D eigenvalue weighted by Crippen LogP contribution is -2.57. The lowest BCUT2D eigenvalue weighted by Gasteiger charge is -2.55. The second kappa shape index (κ2) is 7.65. The van der Waals surface area contributed by atoms with E-state index < -0.39 is 5.60 Å². The van der Waals surface area contributed by atoms with Gasteiger partial charge in [-0.1, -0.05) is 6.92 Å². The molecule has 0 aromatic rings. The number of fused-ring (bicyclic) bond motifs is 5. The smallest absolute Gasteiger partial charge is 0.303 e. The molecule has 0 saturated heterocycles. The molecule has 0 aromatic carbocycles. The Kier molecular flexibility index (Phi) is 5.44. The Balaban J connectivity index is 1.71. The summed E-state index contributed by atoms with van der Waals surface area (Å²) >= 11 is 0. The van der Waals surface area contributed by atoms with Crippen LogP contribution in [0.15, 0.2) is 23.0 Å². The van der Waals surface area contributed by atoms with E-state index in [0.29, 0.717) is 36.7 Å². The van der Waals surface area contributed by atoms with E-state index in [-0.39, 0.29) is 17.2 Å². The summed E-state index contributed by atoms with van der Waals surface area (Å²) in [5, 5.41) is 8.09. The van der Waals surface area contributed by atoms with Gasteiger partial charge in [0.05, 0.1) is 12.4 Å². The fraction of sp³-hybridized carbons (Fsp3) is 0.720. The van der Waals surface area contributed by atoms with Crippen LogP contribution in [-0.2, 0) is 19.1 Å². The maximum absolute atomic E-state index is 12.8. The van der Waals surface area contributed by atoms with E-state index in [1.54, 1.807) is 6.92 Å². The first-order chi connectivity index (χ1) is 14.3. The Morgan fingerprint density at radius 2 is 1.97 bits per heavy atom. The number of ether oxygens (including phenoxy) is 2. The van der Waals surface area contributed by atoms with Crippen molar-refractivity contribution in [1.29, 1.82) is 5.41 Å². The van der Waals surface area contributed by atoms with Crippen molar-refractivity contribution >= 4 is 18.0 Å². The molecule has 6 atom stereocenters. The molecule has 5 heteroatoms. The molecule has 0 amide bonds. The summed E-state index contributed by atoms with van der Waals surface area (Å²) in [7, 11) is 0. The van der Waals surface area contributed by atoms with Crippen molar-refractivity contribution in [3.63, 3.8) is 0 Å². The maximum Gasteiger partial charge on any atom is 0.303 e. The number of Topliss-reactive ketones (excluding diaryl/α,β-unsaturated/α-hetero) is 1. The van der Waals surface area contributed by atoms with Crippen molar-refractivity contribution < 1.29 is 19.1 Å². The zero-order chi connectivity index (χ0) is 21.7. The summed E-state index contributed by atoms with van der Waals surface area (Å²) in [5.74, 6) is 2.50. The monoisotopic (exact) mass is 413 g/mol. The van der Waals surface area contributed by atoms with E-state index >= 15 is 0 Å². The number of rotatable bonds is 5. The largest absolute Gasteiger partial charge is 0.498 e. The molecule has 1 N–H and O–H groups in total. The van der Waals surface area contributed by atoms with Crippen LogP contribution in [0.4, 0.5) is 0 Å². The van der Waals surface area contributed by atoms with Gasteiger partial charge in [0.15, 0.2) is 11.4 Å². The molecular formula is C25H35NO4. The van der Waals surface area contributed by atoms with Crippen LogP contribution in [0.3, 0.4) is 0 Å². The first kappa shape index (κ1) is 21.3. The third-order valence-electron chi connectivity index (χ3n) is 8.76. The summed E-state index contributed by atoms with van der Waals surface area (Å²) in [4.78, 5) is 24.8. The summed E-state index contributed by atoms with van der Waals surface area (Å²) in [6.45, 7) is 7.88. The molecule has 0 aromatic heterocycles. The molecule has 0 radical (unpaired) electrons. The zero-order valence-corrected chi connectivity index (χ0v) is 18.8. The van der Waals surface area contributed by atoms with Crippen molar-refractivity contribution in [3.05, 3.63) is 23.0 Å². The molecule has 2 saturated carbocycles. The predicted octanol–water partition coefficient (Wildman–Crippen LogP) is 5.00. The fourth-order valence-electron chi connectivity index (χ4n) is 7.57.